The molecular weight excluding hydrogens is 332 g/mol. The van der Waals surface area contributed by atoms with Crippen LogP contribution in [-0.2, 0) is 11.2 Å². The molecule has 136 valence electrons. The number of benzene rings is 1. The second-order valence-corrected chi connectivity index (χ2v) is 6.25. The molecule has 0 radical (unpaired) electrons. The Morgan fingerprint density at radius 3 is 2.69 bits per heavy atom. The molecule has 0 bridgehead atoms. The molecule has 1 aromatic carbocycles. The van der Waals surface area contributed by atoms with E-state index >= 15 is 0 Å². The number of amides is 1. The summed E-state index contributed by atoms with van der Waals surface area (Å²) in [4.78, 5) is 25.3. The molecule has 0 saturated carbocycles. The van der Waals surface area contributed by atoms with Crippen molar-refractivity contribution < 1.29 is 9.32 Å². The van der Waals surface area contributed by atoms with Crippen LogP contribution in [0.25, 0.3) is 10.9 Å². The second-order valence-electron chi connectivity index (χ2n) is 6.25. The van der Waals surface area contributed by atoms with E-state index in [-0.39, 0.29) is 11.4 Å². The molecule has 3 rings (SSSR count). The van der Waals surface area contributed by atoms with Gasteiger partial charge in [-0.05, 0) is 32.3 Å². The summed E-state index contributed by atoms with van der Waals surface area (Å²) < 4.78 is 6.34. The molecule has 1 N–H and O–H groups in total. The summed E-state index contributed by atoms with van der Waals surface area (Å²) in [5, 5.41) is 11.7. The highest BCUT2D eigenvalue weighted by molar-refractivity contribution is 5.83. The third-order valence-electron chi connectivity index (χ3n) is 4.43. The lowest BCUT2D eigenvalue weighted by atomic mass is 10.1. The summed E-state index contributed by atoms with van der Waals surface area (Å²) in [7, 11) is 0. The molecule has 2 aromatic heterocycles. The molecule has 0 aliphatic carbocycles. The summed E-state index contributed by atoms with van der Waals surface area (Å²) in [6, 6.07) is 9.23. The fourth-order valence-corrected chi connectivity index (χ4v) is 3.08. The van der Waals surface area contributed by atoms with Crippen LogP contribution < -0.4 is 10.9 Å². The van der Waals surface area contributed by atoms with Gasteiger partial charge in [-0.2, -0.15) is 5.10 Å². The number of aromatic nitrogens is 3. The van der Waals surface area contributed by atoms with Gasteiger partial charge in [0.15, 0.2) is 5.52 Å². The maximum atomic E-state index is 12.7. The quantitative estimate of drug-likeness (QED) is 0.734. The fourth-order valence-electron chi connectivity index (χ4n) is 3.08. The Kier molecular flexibility index (Phi) is 5.16. The number of rotatable bonds is 6. The van der Waals surface area contributed by atoms with Crippen LogP contribution >= 0.6 is 0 Å². The standard InChI is InChI=1S/C19H22N4O3/c1-4-15(18(24)20-11-10-14-8-6-5-7-9-14)23-19(25)17-16(12(2)21-23)13(3)26-22-17/h5-9,15H,4,10-11H2,1-3H3,(H,20,24)/t15-/m0/s1. The van der Waals surface area contributed by atoms with Crippen LogP contribution in [-0.4, -0.2) is 27.4 Å². The smallest absolute Gasteiger partial charge is 0.297 e. The van der Waals surface area contributed by atoms with E-state index in [1.807, 2.05) is 37.3 Å². The molecule has 0 fully saturated rings. The van der Waals surface area contributed by atoms with Crippen molar-refractivity contribution in [3.63, 3.8) is 0 Å². The van der Waals surface area contributed by atoms with Crippen LogP contribution in [0.15, 0.2) is 39.6 Å². The Labute approximate surface area is 151 Å². The predicted octanol–water partition coefficient (Wildman–Crippen LogP) is 2.31. The van der Waals surface area contributed by atoms with Crippen molar-refractivity contribution in [1.29, 1.82) is 0 Å². The highest BCUT2D eigenvalue weighted by atomic mass is 16.5. The highest BCUT2D eigenvalue weighted by Gasteiger charge is 2.24. The number of hydrogen-bond acceptors (Lipinski definition) is 5. The van der Waals surface area contributed by atoms with Crippen LogP contribution in [0, 0.1) is 13.8 Å². The van der Waals surface area contributed by atoms with Crippen LogP contribution in [0.3, 0.4) is 0 Å². The first-order valence-corrected chi connectivity index (χ1v) is 8.70. The number of hydrogen-bond donors (Lipinski definition) is 1. The Morgan fingerprint density at radius 2 is 2.00 bits per heavy atom. The number of nitrogens with one attached hydrogen (secondary N) is 1. The molecule has 0 saturated heterocycles. The average Bonchev–Trinajstić information content (AvgIpc) is 3.03. The summed E-state index contributed by atoms with van der Waals surface area (Å²) in [5.74, 6) is 0.326. The normalized spacial score (nSPS) is 12.3. The van der Waals surface area contributed by atoms with Crippen LogP contribution in [0.1, 0.15) is 36.4 Å². The molecule has 3 aromatic rings. The van der Waals surface area contributed by atoms with Gasteiger partial charge in [0.1, 0.15) is 11.8 Å². The molecule has 1 amide bonds. The van der Waals surface area contributed by atoms with Gasteiger partial charge >= 0.3 is 0 Å². The number of fused-ring (bicyclic) bond motifs is 1. The van der Waals surface area contributed by atoms with Gasteiger partial charge in [0.25, 0.3) is 5.56 Å². The molecule has 0 aliphatic heterocycles. The first-order valence-electron chi connectivity index (χ1n) is 8.70. The monoisotopic (exact) mass is 354 g/mol. The molecule has 0 spiro atoms. The molecule has 0 unspecified atom stereocenters. The van der Waals surface area contributed by atoms with Crippen LogP contribution in [0.2, 0.25) is 0 Å². The molecule has 7 heteroatoms. The third kappa shape index (κ3) is 3.37. The van der Waals surface area contributed by atoms with Gasteiger partial charge in [-0.1, -0.05) is 42.4 Å². The van der Waals surface area contributed by atoms with E-state index < -0.39 is 11.6 Å². The molecule has 1 atom stereocenters. The van der Waals surface area contributed by atoms with E-state index in [1.54, 1.807) is 13.8 Å². The minimum Gasteiger partial charge on any atom is -0.360 e. The summed E-state index contributed by atoms with van der Waals surface area (Å²) >= 11 is 0. The predicted molar refractivity (Wildman–Crippen MR) is 98.0 cm³/mol. The SMILES string of the molecule is CC[C@@H](C(=O)NCCc1ccccc1)n1nc(C)c2c(C)onc2c1=O. The fraction of sp³-hybridized carbons (Fsp3) is 0.368. The maximum Gasteiger partial charge on any atom is 0.297 e. The van der Waals surface area contributed by atoms with Gasteiger partial charge in [-0.3, -0.25) is 9.59 Å². The van der Waals surface area contributed by atoms with Crippen LogP contribution in [0.5, 0.6) is 0 Å². The molecule has 26 heavy (non-hydrogen) atoms. The Bertz CT molecular complexity index is 976. The van der Waals surface area contributed by atoms with Crippen molar-refractivity contribution in [3.05, 3.63) is 57.7 Å². The minimum atomic E-state index is -0.682. The van der Waals surface area contributed by atoms with Gasteiger partial charge in [0, 0.05) is 6.54 Å². The van der Waals surface area contributed by atoms with Gasteiger partial charge in [0.05, 0.1) is 11.1 Å². The van der Waals surface area contributed by atoms with E-state index in [2.05, 4.69) is 15.6 Å². The summed E-state index contributed by atoms with van der Waals surface area (Å²) in [6.45, 7) is 5.87. The van der Waals surface area contributed by atoms with E-state index in [0.29, 0.717) is 29.8 Å². The lowest BCUT2D eigenvalue weighted by molar-refractivity contribution is -0.124. The molecule has 7 nitrogen and oxygen atoms in total. The number of aryl methyl sites for hydroxylation is 2. The van der Waals surface area contributed by atoms with Crippen molar-refractivity contribution in [2.75, 3.05) is 6.54 Å². The van der Waals surface area contributed by atoms with Crippen molar-refractivity contribution in [3.8, 4) is 0 Å². The summed E-state index contributed by atoms with van der Waals surface area (Å²) in [6.07, 6.45) is 1.18. The van der Waals surface area contributed by atoms with Crippen molar-refractivity contribution in [1.82, 2.24) is 20.3 Å². The lowest BCUT2D eigenvalue weighted by Gasteiger charge is -2.17. The van der Waals surface area contributed by atoms with Crippen molar-refractivity contribution in [2.45, 2.75) is 39.7 Å². The van der Waals surface area contributed by atoms with Crippen LogP contribution in [0.4, 0.5) is 0 Å². The first kappa shape index (κ1) is 17.8. The molecule has 0 aliphatic rings. The zero-order valence-electron chi connectivity index (χ0n) is 15.2. The Hall–Kier alpha value is -2.96. The maximum absolute atomic E-state index is 12.7. The number of nitrogens with zero attached hydrogens (tertiary/aromatic N) is 3. The number of carbonyl (C=O) groups is 1. The second kappa shape index (κ2) is 7.51. The largest absolute Gasteiger partial charge is 0.360 e. The first-order chi connectivity index (χ1) is 12.5. The van der Waals surface area contributed by atoms with E-state index in [9.17, 15) is 9.59 Å². The number of carbonyl (C=O) groups excluding carboxylic acids is 1. The van der Waals surface area contributed by atoms with Crippen molar-refractivity contribution in [2.24, 2.45) is 0 Å². The van der Waals surface area contributed by atoms with Gasteiger partial charge < -0.3 is 9.84 Å². The average molecular weight is 354 g/mol. The minimum absolute atomic E-state index is 0.213. The van der Waals surface area contributed by atoms with Gasteiger partial charge in [-0.25, -0.2) is 4.68 Å². The Balaban J connectivity index is 1.80. The third-order valence-corrected chi connectivity index (χ3v) is 4.43. The zero-order chi connectivity index (χ0) is 18.7. The van der Waals surface area contributed by atoms with Gasteiger partial charge in [-0.15, -0.1) is 0 Å². The van der Waals surface area contributed by atoms with E-state index in [1.165, 1.54) is 4.68 Å². The summed E-state index contributed by atoms with van der Waals surface area (Å²) in [5.41, 5.74) is 1.57. The lowest BCUT2D eigenvalue weighted by Crippen LogP contribution is -2.39. The van der Waals surface area contributed by atoms with Gasteiger partial charge in [0.2, 0.25) is 5.91 Å². The molecular formula is C19H22N4O3. The Morgan fingerprint density at radius 1 is 1.27 bits per heavy atom. The van der Waals surface area contributed by atoms with E-state index in [4.69, 9.17) is 4.52 Å². The highest BCUT2D eigenvalue weighted by Crippen LogP contribution is 2.18. The van der Waals surface area contributed by atoms with Crippen molar-refractivity contribution >= 4 is 16.8 Å². The zero-order valence-corrected chi connectivity index (χ0v) is 15.2. The topological polar surface area (TPSA) is 90.0 Å². The molecule has 2 heterocycles. The van der Waals surface area contributed by atoms with E-state index in [0.717, 1.165) is 12.0 Å².